The predicted octanol–water partition coefficient (Wildman–Crippen LogP) is 5.05. The summed E-state index contributed by atoms with van der Waals surface area (Å²) < 4.78 is 6.35. The van der Waals surface area contributed by atoms with Gasteiger partial charge in [-0.3, -0.25) is 4.79 Å². The Bertz CT molecular complexity index is 989. The van der Waals surface area contributed by atoms with Crippen LogP contribution in [0.2, 0.25) is 0 Å². The number of aliphatic hydroxyl groups is 2. The first kappa shape index (κ1) is 25.5. The molecule has 35 heavy (non-hydrogen) atoms. The minimum atomic E-state index is -0.464. The Morgan fingerprint density at radius 3 is 2.77 bits per heavy atom. The Morgan fingerprint density at radius 2 is 1.97 bits per heavy atom. The van der Waals surface area contributed by atoms with E-state index in [0.29, 0.717) is 19.4 Å². The summed E-state index contributed by atoms with van der Waals surface area (Å²) in [4.78, 5) is 12.3. The van der Waals surface area contributed by atoms with Gasteiger partial charge >= 0.3 is 0 Å². The highest BCUT2D eigenvalue weighted by molar-refractivity contribution is 5.75. The zero-order valence-electron chi connectivity index (χ0n) is 20.7. The van der Waals surface area contributed by atoms with Crippen LogP contribution in [0.3, 0.4) is 0 Å². The molecule has 4 rings (SSSR count). The lowest BCUT2D eigenvalue weighted by Crippen LogP contribution is -2.22. The number of hydrogen-bond acceptors (Lipinski definition) is 4. The summed E-state index contributed by atoms with van der Waals surface area (Å²) in [7, 11) is 0. The lowest BCUT2D eigenvalue weighted by molar-refractivity contribution is -0.121. The lowest BCUT2D eigenvalue weighted by Gasteiger charge is -2.18. The van der Waals surface area contributed by atoms with Gasteiger partial charge < -0.3 is 20.3 Å². The highest BCUT2D eigenvalue weighted by Gasteiger charge is 2.48. The van der Waals surface area contributed by atoms with Gasteiger partial charge in [0.05, 0.1) is 12.2 Å². The van der Waals surface area contributed by atoms with Crippen LogP contribution in [-0.4, -0.2) is 34.4 Å². The molecule has 1 fully saturated rings. The summed E-state index contributed by atoms with van der Waals surface area (Å²) >= 11 is 0. The molecule has 0 unspecified atom stereocenters. The Kier molecular flexibility index (Phi) is 9.00. The molecule has 1 aliphatic carbocycles. The van der Waals surface area contributed by atoms with Crippen LogP contribution < -0.4 is 10.1 Å². The molecule has 2 aromatic carbocycles. The fourth-order valence-electron chi connectivity index (χ4n) is 5.45. The zero-order valence-corrected chi connectivity index (χ0v) is 20.7. The number of carbonyl (C=O) groups excluding carboxylic acids is 1. The third-order valence-electron chi connectivity index (χ3n) is 7.33. The van der Waals surface area contributed by atoms with E-state index in [0.717, 1.165) is 61.0 Å². The maximum atomic E-state index is 12.3. The SMILES string of the molecule is CCCCC[C@H](O)/C=C/[C@@H]1[C@H]2c3cccc(CCCC(=O)NCc4ccccc4)c3O[C@H]2C[C@H]1O. The Balaban J connectivity index is 1.33. The van der Waals surface area contributed by atoms with Gasteiger partial charge in [-0.2, -0.15) is 0 Å². The minimum Gasteiger partial charge on any atom is -0.489 e. The highest BCUT2D eigenvalue weighted by atomic mass is 16.5. The van der Waals surface area contributed by atoms with Crippen LogP contribution in [0, 0.1) is 5.92 Å². The zero-order chi connectivity index (χ0) is 24.6. The smallest absolute Gasteiger partial charge is 0.220 e. The number of aliphatic hydroxyl groups excluding tert-OH is 2. The number of amides is 1. The van der Waals surface area contributed by atoms with Crippen LogP contribution in [0.4, 0.5) is 0 Å². The van der Waals surface area contributed by atoms with Crippen LogP contribution in [0.5, 0.6) is 5.75 Å². The third kappa shape index (κ3) is 6.53. The van der Waals surface area contributed by atoms with Crippen LogP contribution in [0.25, 0.3) is 0 Å². The number of fused-ring (bicyclic) bond motifs is 3. The molecule has 0 spiro atoms. The number of rotatable bonds is 12. The second-order valence-electron chi connectivity index (χ2n) is 9.96. The van der Waals surface area contributed by atoms with Crippen molar-refractivity contribution in [2.24, 2.45) is 5.92 Å². The van der Waals surface area contributed by atoms with Gasteiger partial charge in [-0.1, -0.05) is 86.9 Å². The molecule has 1 amide bonds. The van der Waals surface area contributed by atoms with Gasteiger partial charge in [-0.05, 0) is 30.4 Å². The van der Waals surface area contributed by atoms with Crippen molar-refractivity contribution in [2.45, 2.75) is 89.1 Å². The number of unbranched alkanes of at least 4 members (excludes halogenated alkanes) is 2. The van der Waals surface area contributed by atoms with Crippen LogP contribution in [-0.2, 0) is 17.8 Å². The molecule has 1 saturated carbocycles. The van der Waals surface area contributed by atoms with Crippen molar-refractivity contribution in [2.75, 3.05) is 0 Å². The molecule has 5 atom stereocenters. The fourth-order valence-corrected chi connectivity index (χ4v) is 5.45. The largest absolute Gasteiger partial charge is 0.489 e. The van der Waals surface area contributed by atoms with Crippen molar-refractivity contribution in [3.63, 3.8) is 0 Å². The van der Waals surface area contributed by atoms with E-state index in [1.165, 1.54) is 0 Å². The van der Waals surface area contributed by atoms with Crippen LogP contribution in [0.1, 0.15) is 74.5 Å². The summed E-state index contributed by atoms with van der Waals surface area (Å²) in [6.07, 6.45) is 9.55. The average Bonchev–Trinajstić information content (AvgIpc) is 3.37. The monoisotopic (exact) mass is 477 g/mol. The molecule has 3 N–H and O–H groups in total. The molecule has 0 radical (unpaired) electrons. The summed E-state index contributed by atoms with van der Waals surface area (Å²) in [5.74, 6) is 1.04. The molecule has 0 saturated heterocycles. The first-order valence-electron chi connectivity index (χ1n) is 13.2. The Morgan fingerprint density at radius 1 is 1.14 bits per heavy atom. The molecule has 1 heterocycles. The quantitative estimate of drug-likeness (QED) is 0.295. The number of hydrogen-bond donors (Lipinski definition) is 3. The first-order chi connectivity index (χ1) is 17.1. The van der Waals surface area contributed by atoms with E-state index in [1.54, 1.807) is 0 Å². The second-order valence-corrected chi connectivity index (χ2v) is 9.96. The van der Waals surface area contributed by atoms with Gasteiger partial charge in [0, 0.05) is 36.8 Å². The Labute approximate surface area is 209 Å². The average molecular weight is 478 g/mol. The van der Waals surface area contributed by atoms with Gasteiger partial charge in [-0.15, -0.1) is 0 Å². The molecule has 2 aromatic rings. The third-order valence-corrected chi connectivity index (χ3v) is 7.33. The molecule has 0 bridgehead atoms. The van der Waals surface area contributed by atoms with E-state index < -0.39 is 12.2 Å². The maximum Gasteiger partial charge on any atom is 0.220 e. The number of nitrogens with one attached hydrogen (secondary N) is 1. The second kappa shape index (κ2) is 12.4. The molecule has 1 aliphatic heterocycles. The molecule has 2 aliphatic rings. The predicted molar refractivity (Wildman–Crippen MR) is 138 cm³/mol. The molecule has 188 valence electrons. The van der Waals surface area contributed by atoms with Crippen molar-refractivity contribution in [1.29, 1.82) is 0 Å². The van der Waals surface area contributed by atoms with Crippen LogP contribution >= 0.6 is 0 Å². The highest BCUT2D eigenvalue weighted by Crippen LogP contribution is 2.52. The van der Waals surface area contributed by atoms with E-state index in [2.05, 4.69) is 30.4 Å². The first-order valence-corrected chi connectivity index (χ1v) is 13.2. The van der Waals surface area contributed by atoms with Crippen molar-refractivity contribution in [3.8, 4) is 5.75 Å². The van der Waals surface area contributed by atoms with Crippen molar-refractivity contribution < 1.29 is 19.7 Å². The van der Waals surface area contributed by atoms with E-state index in [4.69, 9.17) is 4.74 Å². The van der Waals surface area contributed by atoms with Crippen molar-refractivity contribution in [3.05, 3.63) is 77.4 Å². The molecular weight excluding hydrogens is 438 g/mol. The van der Waals surface area contributed by atoms with Gasteiger partial charge in [0.25, 0.3) is 0 Å². The van der Waals surface area contributed by atoms with Crippen LogP contribution in [0.15, 0.2) is 60.7 Å². The van der Waals surface area contributed by atoms with Gasteiger partial charge in [-0.25, -0.2) is 0 Å². The Hall–Kier alpha value is -2.63. The van der Waals surface area contributed by atoms with Gasteiger partial charge in [0.2, 0.25) is 5.91 Å². The standard InChI is InChI=1S/C30H39NO4/c1-2-3-5-14-23(32)17-18-24-26(33)19-27-29(24)25-15-8-12-22(30(25)35-27)13-9-16-28(34)31-20-21-10-6-4-7-11-21/h4,6-8,10-12,15,17-18,23-24,26-27,29,32-33H,2-3,5,9,13-14,16,19-20H2,1H3,(H,31,34)/b18-17+/t23-,24-,26+,27-,29-/m0/s1. The van der Waals surface area contributed by atoms with E-state index >= 15 is 0 Å². The van der Waals surface area contributed by atoms with Gasteiger partial charge in [0.1, 0.15) is 11.9 Å². The molecule has 0 aromatic heterocycles. The maximum absolute atomic E-state index is 12.3. The van der Waals surface area contributed by atoms with E-state index in [-0.39, 0.29) is 23.8 Å². The van der Waals surface area contributed by atoms with Gasteiger partial charge in [0.15, 0.2) is 0 Å². The summed E-state index contributed by atoms with van der Waals surface area (Å²) in [5.41, 5.74) is 3.37. The number of ether oxygens (including phenoxy) is 1. The number of para-hydroxylation sites is 1. The topological polar surface area (TPSA) is 78.8 Å². The lowest BCUT2D eigenvalue weighted by atomic mass is 9.86. The minimum absolute atomic E-state index is 0.0396. The summed E-state index contributed by atoms with van der Waals surface area (Å²) in [6.45, 7) is 2.71. The van der Waals surface area contributed by atoms with E-state index in [9.17, 15) is 15.0 Å². The fraction of sp³-hybridized carbons (Fsp3) is 0.500. The van der Waals surface area contributed by atoms with Crippen molar-refractivity contribution in [1.82, 2.24) is 5.32 Å². The summed E-state index contributed by atoms with van der Waals surface area (Å²) in [5, 5.41) is 24.0. The number of aryl methyl sites for hydroxylation is 1. The number of benzene rings is 2. The number of carbonyl (C=O) groups is 1. The molecular formula is C30H39NO4. The molecule has 5 nitrogen and oxygen atoms in total. The van der Waals surface area contributed by atoms with E-state index in [1.807, 2.05) is 42.5 Å². The summed E-state index contributed by atoms with van der Waals surface area (Å²) in [6, 6.07) is 16.2. The molecule has 5 heteroatoms. The van der Waals surface area contributed by atoms with Crippen molar-refractivity contribution >= 4 is 5.91 Å². The normalized spacial score (nSPS) is 23.6.